The molecule has 0 spiro atoms. The number of carbonyl (C=O) groups is 9. The van der Waals surface area contributed by atoms with Crippen LogP contribution in [0.1, 0.15) is 89.2 Å². The molecule has 0 bridgehead atoms. The predicted molar refractivity (Wildman–Crippen MR) is 259 cm³/mol. The van der Waals surface area contributed by atoms with E-state index in [0.717, 1.165) is 0 Å². The van der Waals surface area contributed by atoms with Crippen LogP contribution in [0, 0.1) is 0 Å². The first-order chi connectivity index (χ1) is 33.7. The Kier molecular flexibility index (Phi) is 29.3. The van der Waals surface area contributed by atoms with Crippen LogP contribution in [0.4, 0.5) is 0 Å². The van der Waals surface area contributed by atoms with Crippen LogP contribution in [0.15, 0.2) is 29.3 Å². The molecule has 21 N–H and O–H groups in total. The van der Waals surface area contributed by atoms with Gasteiger partial charge in [-0.1, -0.05) is 6.08 Å². The average Bonchev–Trinajstić information content (AvgIpc) is 4.06. The zero-order valence-corrected chi connectivity index (χ0v) is 39.9. The van der Waals surface area contributed by atoms with Crippen molar-refractivity contribution in [3.05, 3.63) is 30.0 Å². The molecular formula is C43H76N18O9. The summed E-state index contributed by atoms with van der Waals surface area (Å²) in [6.07, 6.45) is 9.26. The van der Waals surface area contributed by atoms with Gasteiger partial charge in [-0.25, -0.2) is 4.98 Å². The molecule has 1 fully saturated rings. The topological polar surface area (TPSA) is 450 Å². The molecule has 0 radical (unpaired) electrons. The number of amides is 9. The number of nitrogens with one attached hydrogen (secondary N) is 9. The first-order valence-corrected chi connectivity index (χ1v) is 23.8. The first kappa shape index (κ1) is 59.4. The van der Waals surface area contributed by atoms with E-state index in [4.69, 9.17) is 34.4 Å². The van der Waals surface area contributed by atoms with Crippen molar-refractivity contribution in [3.8, 4) is 0 Å². The molecule has 9 amide bonds. The number of nitrogens with two attached hydrogens (primary N) is 6. The second-order valence-corrected chi connectivity index (χ2v) is 16.5. The fourth-order valence-electron chi connectivity index (χ4n) is 7.26. The highest BCUT2D eigenvalue weighted by atomic mass is 16.2. The molecule has 27 nitrogen and oxygen atoms in total. The van der Waals surface area contributed by atoms with E-state index in [1.165, 1.54) is 23.5 Å². The summed E-state index contributed by atoms with van der Waals surface area (Å²) < 4.78 is 0. The van der Waals surface area contributed by atoms with Gasteiger partial charge in [-0.15, -0.1) is 0 Å². The number of hydrogen-bond donors (Lipinski definition) is 15. The Bertz CT molecular complexity index is 1880. The number of imidazole rings is 1. The van der Waals surface area contributed by atoms with Crippen molar-refractivity contribution >= 4 is 59.6 Å². The average molecular weight is 989 g/mol. The molecule has 392 valence electrons. The number of hydrogen-bond acceptors (Lipinski definition) is 15. The van der Waals surface area contributed by atoms with Gasteiger partial charge in [0.05, 0.1) is 19.4 Å². The van der Waals surface area contributed by atoms with Crippen molar-refractivity contribution in [3.63, 3.8) is 0 Å². The molecule has 0 aliphatic carbocycles. The van der Waals surface area contributed by atoms with Crippen LogP contribution in [-0.4, -0.2) is 164 Å². The number of unbranched alkanes of at least 4 members (excludes halogenated alkanes) is 3. The third kappa shape index (κ3) is 23.1. The van der Waals surface area contributed by atoms with E-state index in [0.29, 0.717) is 83.1 Å². The molecule has 1 aromatic heterocycles. The van der Waals surface area contributed by atoms with E-state index in [1.807, 2.05) is 0 Å². The Morgan fingerprint density at radius 2 is 1.40 bits per heavy atom. The van der Waals surface area contributed by atoms with E-state index in [9.17, 15) is 43.2 Å². The lowest BCUT2D eigenvalue weighted by molar-refractivity contribution is -0.142. The Morgan fingerprint density at radius 1 is 0.743 bits per heavy atom. The monoisotopic (exact) mass is 989 g/mol. The van der Waals surface area contributed by atoms with Crippen molar-refractivity contribution in [1.29, 1.82) is 0 Å². The van der Waals surface area contributed by atoms with Gasteiger partial charge < -0.3 is 86.8 Å². The van der Waals surface area contributed by atoms with Crippen LogP contribution in [0.2, 0.25) is 0 Å². The summed E-state index contributed by atoms with van der Waals surface area (Å²) in [6.45, 7) is 1.01. The maximum Gasteiger partial charge on any atom is 0.268 e. The highest BCUT2D eigenvalue weighted by Crippen LogP contribution is 2.20. The Balaban J connectivity index is 2.39. The fourth-order valence-corrected chi connectivity index (χ4v) is 7.26. The number of aromatic amines is 1. The number of carbonyl (C=O) groups excluding carboxylic acids is 9. The largest absolute Gasteiger partial charge is 0.370 e. The van der Waals surface area contributed by atoms with Crippen LogP contribution < -0.4 is 76.9 Å². The molecule has 5 atom stereocenters. The number of nitrogens with zero attached hydrogens (tertiary/aromatic N) is 3. The number of guanidine groups is 1. The standard InChI is InChI=1S/C43H76N18O9/c44-15-3-1-10-29(37(65)52-19-6-5-17-46)57-39(67)31(13-8-20-53-43(48)49)58-38(66)30(11-2-4-16-45)59-40(68)33(22-28-23-50-26-55-28)60-41(69)34-14-9-21-61(34)42(70)32(12-7-18-47)56-36(64)25-54-35(63)24-51-27-62/h13,23,26-27,29-30,32-34H,1-12,14-22,24-25,44-47H2,(H,50,55)(H,51,62)(H,52,65)(H,54,63)(H,56,64)(H,57,67)(H,58,66)(H,59,68)(H,60,69)(H4,48,49,53)/b31-13-/t29-,30-,32+,33?,34?/m0/s1. The summed E-state index contributed by atoms with van der Waals surface area (Å²) in [6, 6.07) is -5.75. The number of H-pyrrole nitrogens is 1. The maximum atomic E-state index is 14.3. The molecular weight excluding hydrogens is 913 g/mol. The quantitative estimate of drug-likeness (QED) is 0.00979. The summed E-state index contributed by atoms with van der Waals surface area (Å²) in [5.41, 5.74) is 34.0. The van der Waals surface area contributed by atoms with Crippen LogP contribution in [-0.2, 0) is 49.6 Å². The van der Waals surface area contributed by atoms with Gasteiger partial charge in [-0.2, -0.15) is 0 Å². The van der Waals surface area contributed by atoms with Gasteiger partial charge in [0.15, 0.2) is 5.96 Å². The van der Waals surface area contributed by atoms with Gasteiger partial charge in [0.1, 0.15) is 35.9 Å². The van der Waals surface area contributed by atoms with E-state index < -0.39 is 84.0 Å². The summed E-state index contributed by atoms with van der Waals surface area (Å²) >= 11 is 0. The zero-order valence-electron chi connectivity index (χ0n) is 39.9. The second-order valence-electron chi connectivity index (χ2n) is 16.5. The molecule has 1 aliphatic heterocycles. The molecule has 0 saturated carbocycles. The van der Waals surface area contributed by atoms with Gasteiger partial charge >= 0.3 is 0 Å². The Morgan fingerprint density at radius 3 is 2.03 bits per heavy atom. The van der Waals surface area contributed by atoms with Crippen molar-refractivity contribution < 1.29 is 43.2 Å². The van der Waals surface area contributed by atoms with E-state index in [-0.39, 0.29) is 82.9 Å². The molecule has 0 aromatic carbocycles. The molecule has 1 saturated heterocycles. The normalized spacial score (nSPS) is 15.0. The third-order valence-electron chi connectivity index (χ3n) is 10.9. The van der Waals surface area contributed by atoms with Crippen molar-refractivity contribution in [2.45, 2.75) is 120 Å². The van der Waals surface area contributed by atoms with Crippen LogP contribution >= 0.6 is 0 Å². The molecule has 2 rings (SSSR count). The van der Waals surface area contributed by atoms with E-state index in [1.54, 1.807) is 0 Å². The van der Waals surface area contributed by atoms with Gasteiger partial charge in [-0.05, 0) is 110 Å². The summed E-state index contributed by atoms with van der Waals surface area (Å²) in [5, 5.41) is 20.8. The highest BCUT2D eigenvalue weighted by molar-refractivity contribution is 6.02. The SMILES string of the molecule is NCCCCNC(=O)[C@H](CCCCN)NC(=O)/C(=C/CCN=C(N)N)NC(=O)[C@H](CCCCN)NC(=O)C(Cc1cnc[nH]1)NC(=O)C1CCCN1C(=O)[C@@H](CCCN)NC(=O)CNC(=O)CNC=O. The van der Waals surface area contributed by atoms with E-state index in [2.05, 4.69) is 57.5 Å². The molecule has 27 heteroatoms. The Labute approximate surface area is 407 Å². The van der Waals surface area contributed by atoms with Crippen LogP contribution in [0.25, 0.3) is 0 Å². The lowest BCUT2D eigenvalue weighted by Crippen LogP contribution is -2.58. The Hall–Kier alpha value is -6.71. The van der Waals surface area contributed by atoms with Gasteiger partial charge in [0.25, 0.3) is 5.91 Å². The highest BCUT2D eigenvalue weighted by Gasteiger charge is 2.39. The first-order valence-electron chi connectivity index (χ1n) is 23.8. The van der Waals surface area contributed by atoms with Gasteiger partial charge in [-0.3, -0.25) is 48.1 Å². The third-order valence-corrected chi connectivity index (χ3v) is 10.9. The predicted octanol–water partition coefficient (Wildman–Crippen LogP) is -5.74. The number of aliphatic imine (C=N–C) groups is 1. The second kappa shape index (κ2) is 34.6. The summed E-state index contributed by atoms with van der Waals surface area (Å²) in [4.78, 5) is 131. The van der Waals surface area contributed by atoms with Gasteiger partial charge in [0.2, 0.25) is 47.8 Å². The van der Waals surface area contributed by atoms with Crippen LogP contribution in [0.5, 0.6) is 0 Å². The van der Waals surface area contributed by atoms with E-state index >= 15 is 0 Å². The number of rotatable bonds is 36. The molecule has 70 heavy (non-hydrogen) atoms. The van der Waals surface area contributed by atoms with Gasteiger partial charge in [0, 0.05) is 37.9 Å². The fraction of sp³-hybridized carbons (Fsp3) is 0.651. The summed E-state index contributed by atoms with van der Waals surface area (Å²) in [5.74, 6) is -5.56. The minimum atomic E-state index is -1.32. The van der Waals surface area contributed by atoms with Crippen molar-refractivity contribution in [1.82, 2.24) is 57.4 Å². The molecule has 1 aromatic rings. The molecule has 1 aliphatic rings. The molecule has 2 unspecified atom stereocenters. The summed E-state index contributed by atoms with van der Waals surface area (Å²) in [7, 11) is 0. The van der Waals surface area contributed by atoms with Crippen molar-refractivity contribution in [2.75, 3.05) is 58.9 Å². The minimum absolute atomic E-state index is 0.0528. The molecule has 2 heterocycles. The smallest absolute Gasteiger partial charge is 0.268 e. The minimum Gasteiger partial charge on any atom is -0.370 e. The maximum absolute atomic E-state index is 14.3. The van der Waals surface area contributed by atoms with Crippen molar-refractivity contribution in [2.24, 2.45) is 39.4 Å². The number of likely N-dealkylation sites (tertiary alicyclic amines) is 1. The number of aromatic nitrogens is 2. The van der Waals surface area contributed by atoms with Crippen LogP contribution in [0.3, 0.4) is 0 Å². The lowest BCUT2D eigenvalue weighted by atomic mass is 10.0. The lowest BCUT2D eigenvalue weighted by Gasteiger charge is -2.30. The zero-order chi connectivity index (χ0) is 51.7.